The molecule has 1 unspecified atom stereocenters. The van der Waals surface area contributed by atoms with Gasteiger partial charge in [0.1, 0.15) is 0 Å². The van der Waals surface area contributed by atoms with Gasteiger partial charge in [-0.15, -0.1) is 0 Å². The fraction of sp³-hybridized carbons (Fsp3) is 0.600. The Kier molecular flexibility index (Phi) is 5.14. The van der Waals surface area contributed by atoms with E-state index in [9.17, 15) is 0 Å². The molecule has 0 spiro atoms. The molecule has 0 aromatic carbocycles. The highest BCUT2D eigenvalue weighted by atomic mass is 127. The Morgan fingerprint density at radius 2 is 2.07 bits per heavy atom. The van der Waals surface area contributed by atoms with Crippen LogP contribution in [0.3, 0.4) is 0 Å². The summed E-state index contributed by atoms with van der Waals surface area (Å²) in [5, 5.41) is 0. The molecule has 0 radical (unpaired) electrons. The monoisotopic (exact) mass is 306 g/mol. The smallest absolute Gasteiger partial charge is 0.316 e. The summed E-state index contributed by atoms with van der Waals surface area (Å²) >= 11 is 2.17. The van der Waals surface area contributed by atoms with E-state index in [-0.39, 0.29) is 0 Å². The van der Waals surface area contributed by atoms with Crippen molar-refractivity contribution in [2.45, 2.75) is 26.7 Å². The van der Waals surface area contributed by atoms with Gasteiger partial charge < -0.3 is 4.74 Å². The molecule has 0 N–H and O–H groups in total. The standard InChI is InChI=1S/C10H15IN2O/c1-3-4-8(2)7-14-10-12-5-9(11)6-13-10/h5-6,8H,3-4,7H2,1-2H3. The van der Waals surface area contributed by atoms with Crippen molar-refractivity contribution in [3.8, 4) is 6.01 Å². The molecule has 1 aromatic heterocycles. The lowest BCUT2D eigenvalue weighted by Gasteiger charge is -2.09. The molecular weight excluding hydrogens is 291 g/mol. The van der Waals surface area contributed by atoms with Crippen molar-refractivity contribution < 1.29 is 4.74 Å². The third-order valence-electron chi connectivity index (χ3n) is 1.88. The van der Waals surface area contributed by atoms with E-state index in [1.807, 2.05) is 0 Å². The maximum Gasteiger partial charge on any atom is 0.316 e. The number of nitrogens with zero attached hydrogens (tertiary/aromatic N) is 2. The van der Waals surface area contributed by atoms with Crippen molar-refractivity contribution in [2.24, 2.45) is 5.92 Å². The molecule has 1 rings (SSSR count). The van der Waals surface area contributed by atoms with Crippen LogP contribution in [0.25, 0.3) is 0 Å². The average molecular weight is 306 g/mol. The van der Waals surface area contributed by atoms with E-state index in [1.165, 1.54) is 12.8 Å². The van der Waals surface area contributed by atoms with E-state index in [0.29, 0.717) is 18.5 Å². The number of ether oxygens (including phenoxy) is 1. The first-order valence-corrected chi connectivity index (χ1v) is 5.90. The normalized spacial score (nSPS) is 12.5. The Morgan fingerprint density at radius 3 is 2.64 bits per heavy atom. The highest BCUT2D eigenvalue weighted by Gasteiger charge is 2.03. The molecule has 78 valence electrons. The van der Waals surface area contributed by atoms with Crippen LogP contribution >= 0.6 is 22.6 Å². The van der Waals surface area contributed by atoms with E-state index in [1.54, 1.807) is 12.4 Å². The van der Waals surface area contributed by atoms with Gasteiger partial charge in [0, 0.05) is 16.0 Å². The number of hydrogen-bond acceptors (Lipinski definition) is 3. The zero-order valence-corrected chi connectivity index (χ0v) is 10.7. The van der Waals surface area contributed by atoms with Crippen LogP contribution in [0.2, 0.25) is 0 Å². The summed E-state index contributed by atoms with van der Waals surface area (Å²) < 4.78 is 6.47. The summed E-state index contributed by atoms with van der Waals surface area (Å²) in [5.74, 6) is 0.572. The molecule has 0 saturated heterocycles. The number of rotatable bonds is 5. The van der Waals surface area contributed by atoms with Gasteiger partial charge in [0.25, 0.3) is 0 Å². The second-order valence-corrected chi connectivity index (χ2v) is 4.63. The molecule has 3 nitrogen and oxygen atoms in total. The summed E-state index contributed by atoms with van der Waals surface area (Å²) in [7, 11) is 0. The van der Waals surface area contributed by atoms with Crippen LogP contribution in [-0.4, -0.2) is 16.6 Å². The molecule has 4 heteroatoms. The Morgan fingerprint density at radius 1 is 1.43 bits per heavy atom. The van der Waals surface area contributed by atoms with Gasteiger partial charge in [-0.2, -0.15) is 0 Å². The van der Waals surface area contributed by atoms with Crippen LogP contribution in [0.15, 0.2) is 12.4 Å². The van der Waals surface area contributed by atoms with E-state index in [2.05, 4.69) is 46.4 Å². The van der Waals surface area contributed by atoms with E-state index in [0.717, 1.165) is 3.57 Å². The average Bonchev–Trinajstić information content (AvgIpc) is 2.17. The molecule has 0 aliphatic carbocycles. The topological polar surface area (TPSA) is 35.0 Å². The van der Waals surface area contributed by atoms with Crippen molar-refractivity contribution in [1.82, 2.24) is 9.97 Å². The van der Waals surface area contributed by atoms with Crippen molar-refractivity contribution in [3.05, 3.63) is 16.0 Å². The van der Waals surface area contributed by atoms with Gasteiger partial charge in [0.15, 0.2) is 0 Å². The van der Waals surface area contributed by atoms with Crippen LogP contribution in [0.4, 0.5) is 0 Å². The summed E-state index contributed by atoms with van der Waals surface area (Å²) in [4.78, 5) is 8.14. The molecule has 0 saturated carbocycles. The van der Waals surface area contributed by atoms with E-state index < -0.39 is 0 Å². The van der Waals surface area contributed by atoms with E-state index in [4.69, 9.17) is 4.74 Å². The maximum atomic E-state index is 5.45. The largest absolute Gasteiger partial charge is 0.463 e. The van der Waals surface area contributed by atoms with Crippen molar-refractivity contribution in [2.75, 3.05) is 6.61 Å². The van der Waals surface area contributed by atoms with Gasteiger partial charge in [-0.05, 0) is 34.9 Å². The fourth-order valence-corrected chi connectivity index (χ4v) is 1.45. The molecule has 1 atom stereocenters. The Labute approximate surface area is 98.4 Å². The van der Waals surface area contributed by atoms with Crippen molar-refractivity contribution in [3.63, 3.8) is 0 Å². The first-order valence-electron chi connectivity index (χ1n) is 4.82. The van der Waals surface area contributed by atoms with Crippen molar-refractivity contribution in [1.29, 1.82) is 0 Å². The van der Waals surface area contributed by atoms with E-state index >= 15 is 0 Å². The van der Waals surface area contributed by atoms with Gasteiger partial charge in [-0.1, -0.05) is 20.3 Å². The first kappa shape index (κ1) is 11.7. The molecule has 0 bridgehead atoms. The zero-order valence-electron chi connectivity index (χ0n) is 8.53. The molecule has 0 aliphatic heterocycles. The van der Waals surface area contributed by atoms with Crippen LogP contribution in [0, 0.1) is 9.49 Å². The molecule has 0 fully saturated rings. The second-order valence-electron chi connectivity index (χ2n) is 3.39. The Bertz CT molecular complexity index is 263. The second kappa shape index (κ2) is 6.16. The lowest BCUT2D eigenvalue weighted by molar-refractivity contribution is 0.233. The summed E-state index contributed by atoms with van der Waals surface area (Å²) in [6.45, 7) is 5.06. The minimum Gasteiger partial charge on any atom is -0.463 e. The molecule has 14 heavy (non-hydrogen) atoms. The maximum absolute atomic E-state index is 5.45. The number of halogens is 1. The SMILES string of the molecule is CCCC(C)COc1ncc(I)cn1. The van der Waals surface area contributed by atoms with Crippen LogP contribution < -0.4 is 4.74 Å². The molecule has 0 amide bonds. The van der Waals surface area contributed by atoms with Gasteiger partial charge in [0.05, 0.1) is 6.61 Å². The third-order valence-corrected chi connectivity index (χ3v) is 2.43. The Hall–Kier alpha value is -0.390. The minimum atomic E-state index is 0.480. The van der Waals surface area contributed by atoms with Crippen LogP contribution in [-0.2, 0) is 0 Å². The lowest BCUT2D eigenvalue weighted by Crippen LogP contribution is -2.09. The molecule has 0 aliphatic rings. The number of hydrogen-bond donors (Lipinski definition) is 0. The van der Waals surface area contributed by atoms with Crippen LogP contribution in [0.5, 0.6) is 6.01 Å². The highest BCUT2D eigenvalue weighted by molar-refractivity contribution is 14.1. The van der Waals surface area contributed by atoms with Gasteiger partial charge in [0.2, 0.25) is 0 Å². The summed E-state index contributed by atoms with van der Waals surface area (Å²) in [6.07, 6.45) is 5.89. The summed E-state index contributed by atoms with van der Waals surface area (Å²) in [5.41, 5.74) is 0. The predicted molar refractivity (Wildman–Crippen MR) is 64.3 cm³/mol. The van der Waals surface area contributed by atoms with Gasteiger partial charge >= 0.3 is 6.01 Å². The number of aromatic nitrogens is 2. The molecule has 1 aromatic rings. The fourth-order valence-electron chi connectivity index (χ4n) is 1.17. The molecule has 1 heterocycles. The third kappa shape index (κ3) is 4.21. The minimum absolute atomic E-state index is 0.480. The van der Waals surface area contributed by atoms with Crippen LogP contribution in [0.1, 0.15) is 26.7 Å². The van der Waals surface area contributed by atoms with Gasteiger partial charge in [-0.25, -0.2) is 9.97 Å². The zero-order chi connectivity index (χ0) is 10.4. The summed E-state index contributed by atoms with van der Waals surface area (Å²) in [6, 6.07) is 0.480. The van der Waals surface area contributed by atoms with Gasteiger partial charge in [-0.3, -0.25) is 0 Å². The lowest BCUT2D eigenvalue weighted by atomic mass is 10.1. The first-order chi connectivity index (χ1) is 6.72. The predicted octanol–water partition coefficient (Wildman–Crippen LogP) is 2.90. The molecular formula is C10H15IN2O. The quantitative estimate of drug-likeness (QED) is 0.785. The van der Waals surface area contributed by atoms with Crippen molar-refractivity contribution >= 4 is 22.6 Å². The Balaban J connectivity index is 2.34. The highest BCUT2D eigenvalue weighted by Crippen LogP contribution is 2.09.